The minimum absolute atomic E-state index is 0.0413. The van der Waals surface area contributed by atoms with Gasteiger partial charge in [-0.05, 0) is 82.8 Å². The van der Waals surface area contributed by atoms with E-state index in [1.54, 1.807) is 6.92 Å². The van der Waals surface area contributed by atoms with Crippen LogP contribution in [0.3, 0.4) is 0 Å². The number of likely N-dealkylation sites (N-methyl/N-ethyl adjacent to an activating group) is 2. The first-order chi connectivity index (χ1) is 24.1. The highest BCUT2D eigenvalue weighted by Gasteiger charge is 2.19. The molecular weight excluding hydrogens is 711 g/mol. The summed E-state index contributed by atoms with van der Waals surface area (Å²) >= 11 is 5.52. The molecule has 0 saturated carbocycles. The van der Waals surface area contributed by atoms with Crippen LogP contribution in [0.15, 0.2) is 28.4 Å². The molecular formula is C35H56N7O6S3+. The van der Waals surface area contributed by atoms with Crippen LogP contribution in [-0.4, -0.2) is 133 Å². The molecule has 0 radical (unpaired) electrons. The van der Waals surface area contributed by atoms with Crippen LogP contribution < -0.4 is 4.90 Å². The molecule has 0 aliphatic heterocycles. The zero-order chi connectivity index (χ0) is 38.0. The average molecular weight is 767 g/mol. The van der Waals surface area contributed by atoms with Gasteiger partial charge in [0.05, 0.1) is 76.3 Å². The van der Waals surface area contributed by atoms with E-state index in [0.717, 1.165) is 52.3 Å². The van der Waals surface area contributed by atoms with Crippen molar-refractivity contribution in [1.29, 1.82) is 10.5 Å². The Morgan fingerprint density at radius 1 is 0.980 bits per heavy atom. The highest BCUT2D eigenvalue weighted by Crippen LogP contribution is 2.36. The summed E-state index contributed by atoms with van der Waals surface area (Å²) in [6.07, 6.45) is 1.26. The molecule has 2 unspecified atom stereocenters. The Kier molecular flexibility index (Phi) is 19.6. The molecule has 16 heteroatoms. The van der Waals surface area contributed by atoms with Crippen molar-refractivity contribution < 1.29 is 31.7 Å². The summed E-state index contributed by atoms with van der Waals surface area (Å²) < 4.78 is 49.7. The third kappa shape index (κ3) is 17.2. The molecule has 2 rings (SSSR count). The molecule has 0 aliphatic rings. The van der Waals surface area contributed by atoms with Gasteiger partial charge in [-0.2, -0.15) is 31.6 Å². The molecule has 0 saturated heterocycles. The molecule has 51 heavy (non-hydrogen) atoms. The van der Waals surface area contributed by atoms with Crippen LogP contribution in [0.2, 0.25) is 0 Å². The van der Waals surface area contributed by atoms with Gasteiger partial charge in [0.25, 0.3) is 10.1 Å². The number of ether oxygens (including phenoxy) is 3. The van der Waals surface area contributed by atoms with Crippen molar-refractivity contribution in [1.82, 2.24) is 4.90 Å². The van der Waals surface area contributed by atoms with Gasteiger partial charge >= 0.3 is 0 Å². The van der Waals surface area contributed by atoms with Crippen LogP contribution >= 0.6 is 24.0 Å². The Hall–Kier alpha value is -2.64. The number of quaternary nitrogens is 1. The van der Waals surface area contributed by atoms with Crippen LogP contribution in [0, 0.1) is 36.5 Å². The number of anilines is 1. The molecule has 2 atom stereocenters. The molecule has 0 amide bonds. The van der Waals surface area contributed by atoms with Crippen LogP contribution in [0.4, 0.5) is 16.4 Å². The summed E-state index contributed by atoms with van der Waals surface area (Å²) in [5.74, 6) is 0.620. The first-order valence-electron chi connectivity index (χ1n) is 17.2. The Morgan fingerprint density at radius 2 is 1.67 bits per heavy atom. The van der Waals surface area contributed by atoms with E-state index in [0.29, 0.717) is 85.7 Å². The van der Waals surface area contributed by atoms with E-state index < -0.39 is 10.1 Å². The third-order valence-corrected chi connectivity index (χ3v) is 10.5. The minimum atomic E-state index is -3.94. The lowest BCUT2D eigenvalue weighted by Gasteiger charge is -2.32. The van der Waals surface area contributed by atoms with Crippen LogP contribution in [-0.2, 0) is 24.3 Å². The quantitative estimate of drug-likeness (QED) is 0.0418. The predicted octanol–water partition coefficient (Wildman–Crippen LogP) is 5.76. The molecule has 0 aliphatic carbocycles. The normalized spacial score (nSPS) is 13.4. The molecule has 1 heterocycles. The van der Waals surface area contributed by atoms with Crippen molar-refractivity contribution in [2.45, 2.75) is 52.7 Å². The van der Waals surface area contributed by atoms with E-state index in [-0.39, 0.29) is 18.0 Å². The van der Waals surface area contributed by atoms with Gasteiger partial charge in [0.15, 0.2) is 5.00 Å². The standard InChI is InChI=1S/C35H55N7O6S3/c1-27-22-31(10-11-33(27)38-39-35-32(23-36)30(4)34(24-37)50-35)41(25-28(2)47-17-15-42(6,7)14-9-20-49)26-29(3)48-19-18-46-16-13-40(5)12-8-21-51(43,44)45/h10-11,22,28-29H,8-9,12-21,25-26H2,1-7H3,(H-,43,44,45,49)/p+1. The molecule has 13 nitrogen and oxygen atoms in total. The van der Waals surface area contributed by atoms with Gasteiger partial charge in [-0.15, -0.1) is 21.6 Å². The van der Waals surface area contributed by atoms with Crippen LogP contribution in [0.25, 0.3) is 0 Å². The molecule has 0 spiro atoms. The minimum Gasteiger partial charge on any atom is -0.378 e. The molecule has 1 N–H and O–H groups in total. The Bertz CT molecular complexity index is 1590. The number of thiophene rings is 1. The molecule has 1 aromatic carbocycles. The zero-order valence-corrected chi connectivity index (χ0v) is 33.7. The van der Waals surface area contributed by atoms with E-state index in [4.69, 9.17) is 18.8 Å². The van der Waals surface area contributed by atoms with Crippen molar-refractivity contribution >= 4 is 50.5 Å². The number of thiol groups is 1. The summed E-state index contributed by atoms with van der Waals surface area (Å²) in [6.45, 7) is 14.2. The van der Waals surface area contributed by atoms with E-state index in [2.05, 4.69) is 67.0 Å². The largest absolute Gasteiger partial charge is 0.378 e. The lowest BCUT2D eigenvalue weighted by Crippen LogP contribution is -2.44. The van der Waals surface area contributed by atoms with Crippen molar-refractivity contribution in [2.75, 3.05) is 103 Å². The number of hydrogen-bond acceptors (Lipinski definition) is 13. The highest BCUT2D eigenvalue weighted by molar-refractivity contribution is 7.85. The van der Waals surface area contributed by atoms with E-state index in [1.165, 1.54) is 0 Å². The van der Waals surface area contributed by atoms with E-state index in [9.17, 15) is 18.9 Å². The molecule has 0 bridgehead atoms. The maximum Gasteiger partial charge on any atom is 0.264 e. The molecule has 2 aromatic rings. The van der Waals surface area contributed by atoms with Gasteiger partial charge in [-0.3, -0.25) is 4.55 Å². The summed E-state index contributed by atoms with van der Waals surface area (Å²) in [5.41, 5.74) is 3.57. The number of nitriles is 2. The number of hydrogen-bond donors (Lipinski definition) is 2. The number of nitrogens with zero attached hydrogens (tertiary/aromatic N) is 7. The fraction of sp³-hybridized carbons (Fsp3) is 0.657. The highest BCUT2D eigenvalue weighted by atomic mass is 32.2. The van der Waals surface area contributed by atoms with Gasteiger partial charge in [0.1, 0.15) is 23.6 Å². The number of aryl methyl sites for hydroxylation is 1. The average Bonchev–Trinajstić information content (AvgIpc) is 3.37. The SMILES string of the molecule is Cc1cc(N(CC(C)OCCOCCN(C)CCCS(=O)(=O)O)CC(C)OCC[N+](C)(C)CCCS)ccc1N=Nc1sc(C#N)c(C)c1C#N. The Labute approximate surface area is 314 Å². The molecule has 284 valence electrons. The number of azo groups is 1. The second-order valence-electron chi connectivity index (χ2n) is 13.4. The summed E-state index contributed by atoms with van der Waals surface area (Å²) in [5, 5.41) is 28.1. The second-order valence-corrected chi connectivity index (χ2v) is 16.4. The first-order valence-corrected chi connectivity index (χ1v) is 20.2. The smallest absolute Gasteiger partial charge is 0.264 e. The van der Waals surface area contributed by atoms with Gasteiger partial charge in [-0.1, -0.05) is 0 Å². The second kappa shape index (κ2) is 22.4. The van der Waals surface area contributed by atoms with Crippen molar-refractivity contribution in [3.8, 4) is 12.1 Å². The monoisotopic (exact) mass is 766 g/mol. The zero-order valence-electron chi connectivity index (χ0n) is 31.2. The van der Waals surface area contributed by atoms with Gasteiger partial charge in [0.2, 0.25) is 0 Å². The van der Waals surface area contributed by atoms with Gasteiger partial charge in [0, 0.05) is 31.7 Å². The first kappa shape index (κ1) is 44.5. The predicted molar refractivity (Wildman–Crippen MR) is 207 cm³/mol. The van der Waals surface area contributed by atoms with Crippen LogP contribution in [0.5, 0.6) is 0 Å². The fourth-order valence-corrected chi connectivity index (χ4v) is 6.75. The lowest BCUT2D eigenvalue weighted by atomic mass is 10.1. The van der Waals surface area contributed by atoms with E-state index in [1.807, 2.05) is 37.9 Å². The van der Waals surface area contributed by atoms with Gasteiger partial charge in [-0.25, -0.2) is 0 Å². The summed E-state index contributed by atoms with van der Waals surface area (Å²) in [4.78, 5) is 4.67. The summed E-state index contributed by atoms with van der Waals surface area (Å²) in [6, 6.07) is 10.2. The molecule has 0 fully saturated rings. The third-order valence-electron chi connectivity index (χ3n) is 8.30. The van der Waals surface area contributed by atoms with Gasteiger partial charge < -0.3 is 28.5 Å². The lowest BCUT2D eigenvalue weighted by molar-refractivity contribution is -0.890. The number of rotatable bonds is 25. The van der Waals surface area contributed by atoms with Crippen molar-refractivity contribution in [3.05, 3.63) is 39.8 Å². The van der Waals surface area contributed by atoms with Crippen molar-refractivity contribution in [2.24, 2.45) is 10.2 Å². The Balaban J connectivity index is 2.05. The van der Waals surface area contributed by atoms with Crippen LogP contribution in [0.1, 0.15) is 48.3 Å². The molecule has 1 aromatic heterocycles. The fourth-order valence-electron chi connectivity index (χ4n) is 5.24. The Morgan fingerprint density at radius 3 is 2.27 bits per heavy atom. The van der Waals surface area contributed by atoms with E-state index >= 15 is 0 Å². The summed E-state index contributed by atoms with van der Waals surface area (Å²) in [7, 11) is 2.37. The maximum absolute atomic E-state index is 10.9. The maximum atomic E-state index is 10.9. The van der Waals surface area contributed by atoms with Crippen molar-refractivity contribution in [3.63, 3.8) is 0 Å². The topological polar surface area (TPSA) is 161 Å². The number of benzene rings is 1.